The number of rotatable bonds is 4. The molecule has 0 aliphatic carbocycles. The fourth-order valence-corrected chi connectivity index (χ4v) is 3.12. The highest BCUT2D eigenvalue weighted by Crippen LogP contribution is 2.34. The van der Waals surface area contributed by atoms with Crippen molar-refractivity contribution in [1.29, 1.82) is 0 Å². The van der Waals surface area contributed by atoms with Crippen LogP contribution in [0.4, 0.5) is 5.82 Å². The monoisotopic (exact) mass is 322 g/mol. The van der Waals surface area contributed by atoms with E-state index in [2.05, 4.69) is 15.3 Å². The molecule has 0 saturated carbocycles. The summed E-state index contributed by atoms with van der Waals surface area (Å²) < 4.78 is 1.91. The molecule has 9 heteroatoms. The van der Waals surface area contributed by atoms with Gasteiger partial charge in [0.2, 0.25) is 0 Å². The Morgan fingerprint density at radius 2 is 2.04 bits per heavy atom. The van der Waals surface area contributed by atoms with Gasteiger partial charge in [-0.05, 0) is 14.1 Å². The Balaban J connectivity index is 2.10. The normalized spacial score (nSPS) is 28.1. The lowest BCUT2D eigenvalue weighted by Crippen LogP contribution is -2.35. The van der Waals surface area contributed by atoms with Crippen LogP contribution in [0.15, 0.2) is 12.5 Å². The second-order valence-electron chi connectivity index (χ2n) is 6.15. The molecular weight excluding hydrogens is 300 g/mol. The maximum Gasteiger partial charge on any atom is 0.151 e. The van der Waals surface area contributed by atoms with Crippen LogP contribution < -0.4 is 11.1 Å². The fraction of sp³-hybridized carbons (Fsp3) is 0.571. The average Bonchev–Trinajstić information content (AvgIpc) is 2.99. The van der Waals surface area contributed by atoms with Crippen molar-refractivity contribution in [1.82, 2.24) is 24.8 Å². The molecule has 4 atom stereocenters. The summed E-state index contributed by atoms with van der Waals surface area (Å²) in [6, 6.07) is -1.12. The number of nitrogens with two attached hydrogens (primary N) is 1. The molecule has 0 aromatic carbocycles. The van der Waals surface area contributed by atoms with Crippen molar-refractivity contribution in [2.45, 2.75) is 31.0 Å². The van der Waals surface area contributed by atoms with Crippen LogP contribution >= 0.6 is 0 Å². The van der Waals surface area contributed by atoms with Crippen LogP contribution in [0.2, 0.25) is 0 Å². The van der Waals surface area contributed by atoms with Gasteiger partial charge in [-0.3, -0.25) is 4.90 Å². The molecule has 1 aliphatic rings. The second kappa shape index (κ2) is 6.02. The summed E-state index contributed by atoms with van der Waals surface area (Å²) in [7, 11) is 3.86. The standard InChI is InChI=1S/C14H22N6O3/c1-19(2)6-20-3-7(9-11(20)14(15)17-5-16-9)10-13(23)12(22)8(4-21)18-10/h3,5,8,10,12-13,18,21-23H,4,6H2,1-2H3,(H2,15,16,17)/t8-,10+,12-,13+/m1/s1. The van der Waals surface area contributed by atoms with E-state index in [1.807, 2.05) is 29.8 Å². The summed E-state index contributed by atoms with van der Waals surface area (Å²) >= 11 is 0. The smallest absolute Gasteiger partial charge is 0.151 e. The molecule has 6 N–H and O–H groups in total. The molecule has 1 saturated heterocycles. The molecule has 0 unspecified atom stereocenters. The molecule has 1 fully saturated rings. The zero-order chi connectivity index (χ0) is 16.7. The van der Waals surface area contributed by atoms with Crippen LogP contribution in [-0.2, 0) is 6.67 Å². The minimum absolute atomic E-state index is 0.262. The van der Waals surface area contributed by atoms with Gasteiger partial charge in [0.15, 0.2) is 5.82 Å². The number of hydrogen-bond donors (Lipinski definition) is 5. The van der Waals surface area contributed by atoms with Gasteiger partial charge in [-0.1, -0.05) is 0 Å². The number of nitrogens with one attached hydrogen (secondary N) is 1. The summed E-state index contributed by atoms with van der Waals surface area (Å²) in [5, 5.41) is 32.7. The van der Waals surface area contributed by atoms with Gasteiger partial charge < -0.3 is 30.9 Å². The van der Waals surface area contributed by atoms with Crippen LogP contribution in [0.3, 0.4) is 0 Å². The molecule has 3 heterocycles. The van der Waals surface area contributed by atoms with Crippen LogP contribution in [0.5, 0.6) is 0 Å². The Morgan fingerprint density at radius 1 is 1.30 bits per heavy atom. The molecule has 2 aromatic rings. The maximum atomic E-state index is 10.3. The predicted octanol–water partition coefficient (Wildman–Crippen LogP) is -1.74. The number of aliphatic hydroxyl groups excluding tert-OH is 3. The second-order valence-corrected chi connectivity index (χ2v) is 6.15. The van der Waals surface area contributed by atoms with Gasteiger partial charge in [-0.2, -0.15) is 0 Å². The number of aromatic nitrogens is 3. The Hall–Kier alpha value is -1.78. The SMILES string of the molecule is CN(C)Cn1cc([C@@H]2N[C@H](CO)[C@@H](O)[C@H]2O)c2ncnc(N)c21. The quantitative estimate of drug-likeness (QED) is 0.448. The minimum atomic E-state index is -1.04. The average molecular weight is 322 g/mol. The van der Waals surface area contributed by atoms with Crippen molar-refractivity contribution < 1.29 is 15.3 Å². The van der Waals surface area contributed by atoms with E-state index in [0.717, 1.165) is 5.56 Å². The third kappa shape index (κ3) is 2.66. The van der Waals surface area contributed by atoms with E-state index >= 15 is 0 Å². The molecule has 0 amide bonds. The molecule has 0 bridgehead atoms. The first kappa shape index (κ1) is 16.1. The van der Waals surface area contributed by atoms with Crippen molar-refractivity contribution in [2.24, 2.45) is 0 Å². The highest BCUT2D eigenvalue weighted by atomic mass is 16.3. The number of nitrogen functional groups attached to an aromatic ring is 1. The number of nitrogens with zero attached hydrogens (tertiary/aromatic N) is 4. The predicted molar refractivity (Wildman–Crippen MR) is 84.4 cm³/mol. The molecule has 2 aromatic heterocycles. The maximum absolute atomic E-state index is 10.3. The van der Waals surface area contributed by atoms with Crippen molar-refractivity contribution in [3.05, 3.63) is 18.1 Å². The summed E-state index contributed by atoms with van der Waals surface area (Å²) in [5.74, 6) is 0.356. The Kier molecular flexibility index (Phi) is 4.21. The molecular formula is C14H22N6O3. The number of fused-ring (bicyclic) bond motifs is 1. The topological polar surface area (TPSA) is 133 Å². The van der Waals surface area contributed by atoms with E-state index in [0.29, 0.717) is 23.5 Å². The summed E-state index contributed by atoms with van der Waals surface area (Å²) in [6.07, 6.45) is 1.14. The van der Waals surface area contributed by atoms with Gasteiger partial charge in [0, 0.05) is 11.8 Å². The van der Waals surface area contributed by atoms with E-state index in [4.69, 9.17) is 5.73 Å². The lowest BCUT2D eigenvalue weighted by Gasteiger charge is -2.15. The molecule has 0 radical (unpaired) electrons. The molecule has 23 heavy (non-hydrogen) atoms. The first-order valence-electron chi connectivity index (χ1n) is 7.41. The first-order valence-corrected chi connectivity index (χ1v) is 7.41. The first-order chi connectivity index (χ1) is 10.9. The van der Waals surface area contributed by atoms with E-state index < -0.39 is 24.3 Å². The number of hydrogen-bond acceptors (Lipinski definition) is 8. The van der Waals surface area contributed by atoms with Crippen molar-refractivity contribution in [3.63, 3.8) is 0 Å². The summed E-state index contributed by atoms with van der Waals surface area (Å²) in [4.78, 5) is 10.3. The Bertz CT molecular complexity index is 703. The third-order valence-corrected chi connectivity index (χ3v) is 4.17. The lowest BCUT2D eigenvalue weighted by molar-refractivity contribution is 0.0195. The van der Waals surface area contributed by atoms with E-state index in [-0.39, 0.29) is 6.61 Å². The van der Waals surface area contributed by atoms with Gasteiger partial charge in [-0.25, -0.2) is 9.97 Å². The molecule has 126 valence electrons. The fourth-order valence-electron chi connectivity index (χ4n) is 3.12. The molecule has 1 aliphatic heterocycles. The molecule has 3 rings (SSSR count). The van der Waals surface area contributed by atoms with Crippen molar-refractivity contribution >= 4 is 16.9 Å². The van der Waals surface area contributed by atoms with E-state index in [1.54, 1.807) is 0 Å². The van der Waals surface area contributed by atoms with Gasteiger partial charge in [0.05, 0.1) is 37.0 Å². The highest BCUT2D eigenvalue weighted by molar-refractivity contribution is 5.88. The zero-order valence-electron chi connectivity index (χ0n) is 13.1. The van der Waals surface area contributed by atoms with E-state index in [9.17, 15) is 15.3 Å². The van der Waals surface area contributed by atoms with Crippen molar-refractivity contribution in [3.8, 4) is 0 Å². The van der Waals surface area contributed by atoms with Gasteiger partial charge in [0.1, 0.15) is 17.9 Å². The van der Waals surface area contributed by atoms with Crippen LogP contribution in [0, 0.1) is 0 Å². The third-order valence-electron chi connectivity index (χ3n) is 4.17. The Morgan fingerprint density at radius 3 is 2.65 bits per heavy atom. The molecule has 0 spiro atoms. The largest absolute Gasteiger partial charge is 0.395 e. The number of aliphatic hydroxyl groups is 3. The Labute approximate surface area is 133 Å². The molecule has 9 nitrogen and oxygen atoms in total. The summed E-state index contributed by atoms with van der Waals surface area (Å²) in [6.45, 7) is 0.311. The number of anilines is 1. The minimum Gasteiger partial charge on any atom is -0.395 e. The van der Waals surface area contributed by atoms with Gasteiger partial charge in [0.25, 0.3) is 0 Å². The highest BCUT2D eigenvalue weighted by Gasteiger charge is 2.42. The van der Waals surface area contributed by atoms with Crippen molar-refractivity contribution in [2.75, 3.05) is 26.4 Å². The van der Waals surface area contributed by atoms with Gasteiger partial charge in [-0.15, -0.1) is 0 Å². The van der Waals surface area contributed by atoms with Crippen LogP contribution in [0.1, 0.15) is 11.6 Å². The van der Waals surface area contributed by atoms with Crippen LogP contribution in [0.25, 0.3) is 11.0 Å². The summed E-state index contributed by atoms with van der Waals surface area (Å²) in [5.41, 5.74) is 8.03. The lowest BCUT2D eigenvalue weighted by atomic mass is 10.0. The van der Waals surface area contributed by atoms with Crippen LogP contribution in [-0.4, -0.2) is 73.7 Å². The zero-order valence-corrected chi connectivity index (χ0v) is 13.1. The van der Waals surface area contributed by atoms with E-state index in [1.165, 1.54) is 6.33 Å². The van der Waals surface area contributed by atoms with Gasteiger partial charge >= 0.3 is 0 Å².